The van der Waals surface area contributed by atoms with Crippen molar-refractivity contribution in [2.75, 3.05) is 6.61 Å². The van der Waals surface area contributed by atoms with E-state index in [4.69, 9.17) is 15.9 Å². The second-order valence-corrected chi connectivity index (χ2v) is 3.42. The maximum Gasteiger partial charge on any atom is 0.184 e. The van der Waals surface area contributed by atoms with Gasteiger partial charge in [-0.25, -0.2) is 0 Å². The number of aliphatic hydroxyl groups excluding tert-OH is 5. The summed E-state index contributed by atoms with van der Waals surface area (Å²) in [6.07, 6.45) is -5.65. The molecule has 0 rings (SSSR count). The summed E-state index contributed by atoms with van der Waals surface area (Å²) in [6, 6.07) is 0. The molecule has 0 aromatic carbocycles. The predicted molar refractivity (Wildman–Crippen MR) is 59.5 cm³/mol. The second-order valence-electron chi connectivity index (χ2n) is 2.98. The van der Waals surface area contributed by atoms with Gasteiger partial charge in [-0.1, -0.05) is 0 Å². The molecule has 4 atom stereocenters. The molecule has 8 N–H and O–H groups in total. The lowest BCUT2D eigenvalue weighted by molar-refractivity contribution is -0.0999. The van der Waals surface area contributed by atoms with E-state index in [1.165, 1.54) is 0 Å². The molecule has 94 valence electrons. The van der Waals surface area contributed by atoms with Gasteiger partial charge in [-0.05, 0) is 12.2 Å². The lowest BCUT2D eigenvalue weighted by Gasteiger charge is -2.23. The highest BCUT2D eigenvalue weighted by Crippen LogP contribution is 2.03. The zero-order valence-electron chi connectivity index (χ0n) is 8.26. The van der Waals surface area contributed by atoms with E-state index in [0.717, 1.165) is 6.21 Å². The van der Waals surface area contributed by atoms with Crippen LogP contribution in [0, 0.1) is 0 Å². The smallest absolute Gasteiger partial charge is 0.184 e. The molecule has 0 aliphatic heterocycles. The van der Waals surface area contributed by atoms with E-state index < -0.39 is 31.0 Å². The van der Waals surface area contributed by atoms with Crippen LogP contribution >= 0.6 is 12.2 Å². The number of hydrazone groups is 1. The number of thiocarbonyl (C=S) groups is 1. The molecule has 0 saturated heterocycles. The van der Waals surface area contributed by atoms with Crippen molar-refractivity contribution in [3.05, 3.63) is 0 Å². The molecule has 8 nitrogen and oxygen atoms in total. The maximum absolute atomic E-state index is 9.30. The van der Waals surface area contributed by atoms with Gasteiger partial charge >= 0.3 is 0 Å². The Labute approximate surface area is 97.0 Å². The maximum atomic E-state index is 9.30. The van der Waals surface area contributed by atoms with Gasteiger partial charge in [0.05, 0.1) is 12.8 Å². The summed E-state index contributed by atoms with van der Waals surface area (Å²) >= 11 is 4.41. The van der Waals surface area contributed by atoms with Crippen LogP contribution in [0.5, 0.6) is 0 Å². The van der Waals surface area contributed by atoms with Crippen molar-refractivity contribution in [1.82, 2.24) is 5.43 Å². The van der Waals surface area contributed by atoms with Crippen LogP contribution in [0.15, 0.2) is 5.10 Å². The number of rotatable bonds is 6. The molecule has 0 bridgehead atoms. The fourth-order valence-electron chi connectivity index (χ4n) is 0.803. The minimum Gasteiger partial charge on any atom is -0.394 e. The van der Waals surface area contributed by atoms with E-state index >= 15 is 0 Å². The zero-order valence-corrected chi connectivity index (χ0v) is 9.08. The zero-order chi connectivity index (χ0) is 12.7. The van der Waals surface area contributed by atoms with Crippen LogP contribution in [0.2, 0.25) is 0 Å². The van der Waals surface area contributed by atoms with Crippen molar-refractivity contribution in [3.63, 3.8) is 0 Å². The minimum atomic E-state index is -1.70. The number of aliphatic hydroxyl groups is 5. The van der Waals surface area contributed by atoms with Gasteiger partial charge in [0.1, 0.15) is 24.4 Å². The molecule has 0 aromatic heterocycles. The molecule has 0 aliphatic carbocycles. The van der Waals surface area contributed by atoms with Gasteiger partial charge in [-0.15, -0.1) is 0 Å². The topological polar surface area (TPSA) is 152 Å². The second kappa shape index (κ2) is 7.44. The number of hydrogen-bond acceptors (Lipinski definition) is 7. The van der Waals surface area contributed by atoms with E-state index in [2.05, 4.69) is 22.7 Å². The minimum absolute atomic E-state index is 0.131. The van der Waals surface area contributed by atoms with Crippen molar-refractivity contribution in [3.8, 4) is 0 Å². The first-order valence-corrected chi connectivity index (χ1v) is 4.72. The Morgan fingerprint density at radius 1 is 1.31 bits per heavy atom. The first-order valence-electron chi connectivity index (χ1n) is 4.32. The Balaban J connectivity index is 4.21. The third-order valence-electron chi connectivity index (χ3n) is 1.68. The Morgan fingerprint density at radius 2 is 1.88 bits per heavy atom. The lowest BCUT2D eigenvalue weighted by atomic mass is 10.0. The molecule has 0 fully saturated rings. The molecule has 0 unspecified atom stereocenters. The molecule has 0 amide bonds. The average Bonchev–Trinajstić information content (AvgIpc) is 2.25. The van der Waals surface area contributed by atoms with E-state index in [0.29, 0.717) is 0 Å². The molecule has 0 aromatic rings. The summed E-state index contributed by atoms with van der Waals surface area (Å²) in [5.41, 5.74) is 7.15. The van der Waals surface area contributed by atoms with Gasteiger partial charge in [0.15, 0.2) is 5.11 Å². The van der Waals surface area contributed by atoms with E-state index in [9.17, 15) is 15.3 Å². The van der Waals surface area contributed by atoms with Gasteiger partial charge in [0.25, 0.3) is 0 Å². The number of hydrogen-bond donors (Lipinski definition) is 7. The predicted octanol–water partition coefficient (Wildman–Crippen LogP) is -3.76. The Morgan fingerprint density at radius 3 is 2.31 bits per heavy atom. The summed E-state index contributed by atoms with van der Waals surface area (Å²) in [4.78, 5) is 0. The molecule has 9 heteroatoms. The molecule has 0 aliphatic rings. The highest BCUT2D eigenvalue weighted by Gasteiger charge is 2.29. The van der Waals surface area contributed by atoms with Crippen LogP contribution in [0.25, 0.3) is 0 Å². The summed E-state index contributed by atoms with van der Waals surface area (Å²) in [6.45, 7) is -0.743. The number of nitrogens with two attached hydrogens (primary N) is 1. The van der Waals surface area contributed by atoms with Crippen molar-refractivity contribution in [2.45, 2.75) is 24.4 Å². The van der Waals surface area contributed by atoms with Gasteiger partial charge in [0, 0.05) is 0 Å². The summed E-state index contributed by atoms with van der Waals surface area (Å²) in [5, 5.41) is 48.5. The third kappa shape index (κ3) is 5.30. The SMILES string of the molecule is NC(=S)N/N=C\[C@H](O)[C@H](O)[C@@H](O)[C@@H](O)CO. The van der Waals surface area contributed by atoms with Crippen LogP contribution < -0.4 is 11.2 Å². The Bertz CT molecular complexity index is 252. The molecule has 0 radical (unpaired) electrons. The van der Waals surface area contributed by atoms with Gasteiger partial charge in [0.2, 0.25) is 0 Å². The molecular formula is C7H15N3O5S. The van der Waals surface area contributed by atoms with Crippen molar-refractivity contribution in [1.29, 1.82) is 0 Å². The van der Waals surface area contributed by atoms with Crippen molar-refractivity contribution in [2.24, 2.45) is 10.8 Å². The quantitative estimate of drug-likeness (QED) is 0.145. The number of nitrogens with zero attached hydrogens (tertiary/aromatic N) is 1. The number of nitrogens with one attached hydrogen (secondary N) is 1. The molecular weight excluding hydrogens is 238 g/mol. The fraction of sp³-hybridized carbons (Fsp3) is 0.714. The molecule has 16 heavy (non-hydrogen) atoms. The van der Waals surface area contributed by atoms with Crippen LogP contribution in [-0.4, -0.2) is 67.9 Å². The monoisotopic (exact) mass is 253 g/mol. The lowest BCUT2D eigenvalue weighted by Crippen LogP contribution is -2.46. The summed E-state index contributed by atoms with van der Waals surface area (Å²) in [7, 11) is 0. The van der Waals surface area contributed by atoms with Crippen LogP contribution in [-0.2, 0) is 0 Å². The van der Waals surface area contributed by atoms with Crippen LogP contribution in [0.4, 0.5) is 0 Å². The first kappa shape index (κ1) is 15.2. The Hall–Kier alpha value is -0.840. The van der Waals surface area contributed by atoms with E-state index in [-0.39, 0.29) is 5.11 Å². The highest BCUT2D eigenvalue weighted by atomic mass is 32.1. The Kier molecular flexibility index (Phi) is 7.05. The van der Waals surface area contributed by atoms with Crippen molar-refractivity contribution >= 4 is 23.5 Å². The van der Waals surface area contributed by atoms with E-state index in [1.54, 1.807) is 0 Å². The molecule has 0 heterocycles. The third-order valence-corrected chi connectivity index (χ3v) is 1.77. The standard InChI is InChI=1S/C7H15N3O5S/c8-7(16)10-9-1-3(12)5(14)6(15)4(13)2-11/h1,3-6,11-15H,2H2,(H3,8,10,16)/b9-1-/t3-,4-,5-,6-/m0/s1. The average molecular weight is 253 g/mol. The first-order chi connectivity index (χ1) is 7.40. The molecule has 0 spiro atoms. The highest BCUT2D eigenvalue weighted by molar-refractivity contribution is 7.80. The van der Waals surface area contributed by atoms with Gasteiger partial charge in [-0.2, -0.15) is 5.10 Å². The summed E-state index contributed by atoms with van der Waals surface area (Å²) in [5.74, 6) is 0. The van der Waals surface area contributed by atoms with Crippen molar-refractivity contribution < 1.29 is 25.5 Å². The van der Waals surface area contributed by atoms with Gasteiger partial charge in [-0.3, -0.25) is 5.43 Å². The van der Waals surface area contributed by atoms with Gasteiger partial charge < -0.3 is 31.3 Å². The summed E-state index contributed by atoms with van der Waals surface area (Å²) < 4.78 is 0. The largest absolute Gasteiger partial charge is 0.394 e. The van der Waals surface area contributed by atoms with Crippen LogP contribution in [0.3, 0.4) is 0 Å². The molecule has 0 saturated carbocycles. The normalized spacial score (nSPS) is 19.1. The van der Waals surface area contributed by atoms with Crippen LogP contribution in [0.1, 0.15) is 0 Å². The van der Waals surface area contributed by atoms with E-state index in [1.807, 2.05) is 0 Å². The fourth-order valence-corrected chi connectivity index (χ4v) is 0.856.